The highest BCUT2D eigenvalue weighted by atomic mass is 35.5. The lowest BCUT2D eigenvalue weighted by atomic mass is 9.98. The third-order valence-electron chi connectivity index (χ3n) is 3.92. The molecule has 0 spiro atoms. The molecule has 4 N–H and O–H groups in total. The zero-order chi connectivity index (χ0) is 15.3. The molecule has 1 fully saturated rings. The number of nitrogens with zero attached hydrogens (tertiary/aromatic N) is 2. The van der Waals surface area contributed by atoms with E-state index in [2.05, 4.69) is 0 Å². The zero-order valence-electron chi connectivity index (χ0n) is 12.7. The molecule has 2 unspecified atom stereocenters. The van der Waals surface area contributed by atoms with Crippen LogP contribution < -0.4 is 10.9 Å². The van der Waals surface area contributed by atoms with E-state index < -0.39 is 16.1 Å². The van der Waals surface area contributed by atoms with Crippen molar-refractivity contribution in [3.8, 4) is 0 Å². The zero-order valence-corrected chi connectivity index (χ0v) is 14.3. The van der Waals surface area contributed by atoms with Gasteiger partial charge in [-0.2, -0.15) is 0 Å². The van der Waals surface area contributed by atoms with Gasteiger partial charge in [-0.15, -0.1) is 12.4 Å². The number of hydrogen-bond donors (Lipinski definition) is 2. The summed E-state index contributed by atoms with van der Waals surface area (Å²) in [5.74, 6) is 0.112. The van der Waals surface area contributed by atoms with E-state index in [0.29, 0.717) is 32.7 Å². The van der Waals surface area contributed by atoms with Gasteiger partial charge in [-0.05, 0) is 5.92 Å². The first-order chi connectivity index (χ1) is 9.24. The van der Waals surface area contributed by atoms with Gasteiger partial charge in [0.05, 0.1) is 11.8 Å². The first-order valence-electron chi connectivity index (χ1n) is 7.01. The molecule has 9 heteroatoms. The van der Waals surface area contributed by atoms with Crippen molar-refractivity contribution in [2.75, 3.05) is 38.5 Å². The van der Waals surface area contributed by atoms with Gasteiger partial charge in [0.25, 0.3) is 0 Å². The molecule has 0 aromatic heterocycles. The normalized spacial score (nSPS) is 19.7. The molecule has 21 heavy (non-hydrogen) atoms. The number of rotatable bonds is 6. The van der Waals surface area contributed by atoms with Crippen molar-refractivity contribution in [3.05, 3.63) is 0 Å². The summed E-state index contributed by atoms with van der Waals surface area (Å²) in [5.41, 5.74) is 5.95. The van der Waals surface area contributed by atoms with Crippen molar-refractivity contribution in [1.82, 2.24) is 9.80 Å². The molecule has 1 amide bonds. The van der Waals surface area contributed by atoms with E-state index in [4.69, 9.17) is 10.9 Å². The van der Waals surface area contributed by atoms with Crippen LogP contribution in [0.25, 0.3) is 0 Å². The second-order valence-electron chi connectivity index (χ2n) is 5.45. The molecule has 1 aliphatic heterocycles. The van der Waals surface area contributed by atoms with Gasteiger partial charge in [-0.25, -0.2) is 13.6 Å². The Balaban J connectivity index is 0.00000400. The summed E-state index contributed by atoms with van der Waals surface area (Å²) >= 11 is 0. The molecule has 1 aliphatic rings. The van der Waals surface area contributed by atoms with Gasteiger partial charge in [-0.1, -0.05) is 20.3 Å². The maximum Gasteiger partial charge on any atom is 0.239 e. The minimum Gasteiger partial charge on any atom is -0.339 e. The first kappa shape index (κ1) is 20.6. The van der Waals surface area contributed by atoms with Crippen LogP contribution in [-0.4, -0.2) is 68.6 Å². The molecule has 0 aliphatic carbocycles. The second kappa shape index (κ2) is 8.89. The predicted molar refractivity (Wildman–Crippen MR) is 85.7 cm³/mol. The van der Waals surface area contributed by atoms with Crippen LogP contribution in [0.5, 0.6) is 0 Å². The number of carbonyl (C=O) groups is 1. The topological polar surface area (TPSA) is 110 Å². The van der Waals surface area contributed by atoms with E-state index >= 15 is 0 Å². The molecule has 2 atom stereocenters. The molecule has 126 valence electrons. The lowest BCUT2D eigenvalue weighted by Gasteiger charge is -2.36. The number of primary sulfonamides is 1. The fourth-order valence-electron chi connectivity index (χ4n) is 2.16. The number of hydrogen-bond acceptors (Lipinski definition) is 5. The summed E-state index contributed by atoms with van der Waals surface area (Å²) in [4.78, 5) is 16.0. The van der Waals surface area contributed by atoms with Crippen LogP contribution in [0.3, 0.4) is 0 Å². The average Bonchev–Trinajstić information content (AvgIpc) is 2.42. The van der Waals surface area contributed by atoms with Gasteiger partial charge < -0.3 is 10.6 Å². The molecule has 0 radical (unpaired) electrons. The number of piperazine rings is 1. The SMILES string of the molecule is CCC(C)C(N)C(=O)N1CCN(CCS(N)(=O)=O)CC1.Cl. The minimum atomic E-state index is -3.42. The molecule has 0 bridgehead atoms. The van der Waals surface area contributed by atoms with Crippen LogP contribution in [0.15, 0.2) is 0 Å². The molecular formula is C12H27ClN4O3S. The number of nitrogens with two attached hydrogens (primary N) is 2. The lowest BCUT2D eigenvalue weighted by Crippen LogP contribution is -2.55. The number of carbonyl (C=O) groups excluding carboxylic acids is 1. The molecule has 0 saturated carbocycles. The smallest absolute Gasteiger partial charge is 0.239 e. The second-order valence-corrected chi connectivity index (χ2v) is 7.18. The summed E-state index contributed by atoms with van der Waals surface area (Å²) < 4.78 is 21.8. The fourth-order valence-corrected chi connectivity index (χ4v) is 2.67. The maximum absolute atomic E-state index is 12.2. The third kappa shape index (κ3) is 6.92. The molecule has 0 aromatic carbocycles. The van der Waals surface area contributed by atoms with Gasteiger partial charge in [0.2, 0.25) is 15.9 Å². The number of sulfonamides is 1. The van der Waals surface area contributed by atoms with Gasteiger partial charge in [0.1, 0.15) is 0 Å². The van der Waals surface area contributed by atoms with E-state index in [1.807, 2.05) is 18.7 Å². The van der Waals surface area contributed by atoms with E-state index in [0.717, 1.165) is 6.42 Å². The van der Waals surface area contributed by atoms with Crippen LogP contribution in [0.2, 0.25) is 0 Å². The third-order valence-corrected chi connectivity index (χ3v) is 4.67. The van der Waals surface area contributed by atoms with Crippen LogP contribution in [0.4, 0.5) is 0 Å². The molecular weight excluding hydrogens is 316 g/mol. The van der Waals surface area contributed by atoms with Crippen molar-refractivity contribution >= 4 is 28.3 Å². The van der Waals surface area contributed by atoms with E-state index in [1.165, 1.54) is 0 Å². The van der Waals surface area contributed by atoms with Crippen molar-refractivity contribution in [3.63, 3.8) is 0 Å². The van der Waals surface area contributed by atoms with Crippen LogP contribution in [0.1, 0.15) is 20.3 Å². The van der Waals surface area contributed by atoms with Gasteiger partial charge in [0, 0.05) is 32.7 Å². The molecule has 0 aromatic rings. The molecule has 1 saturated heterocycles. The fraction of sp³-hybridized carbons (Fsp3) is 0.917. The van der Waals surface area contributed by atoms with E-state index in [1.54, 1.807) is 4.90 Å². The van der Waals surface area contributed by atoms with Crippen LogP contribution in [0, 0.1) is 5.92 Å². The van der Waals surface area contributed by atoms with Gasteiger partial charge in [-0.3, -0.25) is 9.69 Å². The van der Waals surface area contributed by atoms with Crippen molar-refractivity contribution in [2.45, 2.75) is 26.3 Å². The van der Waals surface area contributed by atoms with Crippen LogP contribution in [-0.2, 0) is 14.8 Å². The molecule has 7 nitrogen and oxygen atoms in total. The van der Waals surface area contributed by atoms with Gasteiger partial charge in [0.15, 0.2) is 0 Å². The van der Waals surface area contributed by atoms with Crippen molar-refractivity contribution < 1.29 is 13.2 Å². The summed E-state index contributed by atoms with van der Waals surface area (Å²) in [6, 6.07) is -0.448. The molecule has 1 rings (SSSR count). The van der Waals surface area contributed by atoms with E-state index in [9.17, 15) is 13.2 Å². The largest absolute Gasteiger partial charge is 0.339 e. The Morgan fingerprint density at radius 1 is 1.24 bits per heavy atom. The monoisotopic (exact) mass is 342 g/mol. The Bertz CT molecular complexity index is 424. The van der Waals surface area contributed by atoms with Gasteiger partial charge >= 0.3 is 0 Å². The van der Waals surface area contributed by atoms with Crippen molar-refractivity contribution in [1.29, 1.82) is 0 Å². The maximum atomic E-state index is 12.2. The first-order valence-corrected chi connectivity index (χ1v) is 8.73. The van der Waals surface area contributed by atoms with E-state index in [-0.39, 0.29) is 30.0 Å². The average molecular weight is 343 g/mol. The highest BCUT2D eigenvalue weighted by Crippen LogP contribution is 2.10. The Hall–Kier alpha value is -0.410. The summed E-state index contributed by atoms with van der Waals surface area (Å²) in [7, 11) is -3.42. The number of amides is 1. The highest BCUT2D eigenvalue weighted by Gasteiger charge is 2.27. The Kier molecular flexibility index (Phi) is 8.72. The summed E-state index contributed by atoms with van der Waals surface area (Å²) in [6.07, 6.45) is 0.876. The lowest BCUT2D eigenvalue weighted by molar-refractivity contribution is -0.135. The molecule has 1 heterocycles. The standard InChI is InChI=1S/C12H26N4O3S.ClH/c1-3-10(2)11(13)12(17)16-6-4-15(5-7-16)8-9-20(14,18)19;/h10-11H,3-9,13H2,1-2H3,(H2,14,18,19);1H. The Morgan fingerprint density at radius 2 is 1.76 bits per heavy atom. The quantitative estimate of drug-likeness (QED) is 0.657. The number of halogens is 1. The highest BCUT2D eigenvalue weighted by molar-refractivity contribution is 7.89. The Labute approximate surface area is 133 Å². The summed E-state index contributed by atoms with van der Waals surface area (Å²) in [5, 5.41) is 4.98. The summed E-state index contributed by atoms with van der Waals surface area (Å²) in [6.45, 7) is 6.91. The minimum absolute atomic E-state index is 0. The Morgan fingerprint density at radius 3 is 2.19 bits per heavy atom. The van der Waals surface area contributed by atoms with Crippen LogP contribution >= 0.6 is 12.4 Å². The predicted octanol–water partition coefficient (Wildman–Crippen LogP) is -0.786. The van der Waals surface area contributed by atoms with Crippen molar-refractivity contribution in [2.24, 2.45) is 16.8 Å².